The number of allylic oxidation sites excluding steroid dienone is 1. The number of carbonyl (C=O) groups excluding carboxylic acids is 1. The molecule has 0 radical (unpaired) electrons. The molecule has 3 aromatic carbocycles. The van der Waals surface area contributed by atoms with Crippen LogP contribution < -0.4 is 11.4 Å². The molecule has 0 spiro atoms. The van der Waals surface area contributed by atoms with Crippen LogP contribution in [0.3, 0.4) is 0 Å². The van der Waals surface area contributed by atoms with Crippen LogP contribution in [0.1, 0.15) is 64.1 Å². The highest BCUT2D eigenvalue weighted by Crippen LogP contribution is 2.43. The van der Waals surface area contributed by atoms with Gasteiger partial charge in [0, 0.05) is 5.92 Å². The minimum atomic E-state index is -1.01. The van der Waals surface area contributed by atoms with E-state index in [1.54, 1.807) is 36.4 Å². The van der Waals surface area contributed by atoms with Crippen molar-refractivity contribution < 1.29 is 9.53 Å². The van der Waals surface area contributed by atoms with Gasteiger partial charge in [0.15, 0.2) is 6.04 Å². The molecule has 0 saturated heterocycles. The quantitative estimate of drug-likeness (QED) is 0.206. The van der Waals surface area contributed by atoms with Gasteiger partial charge in [-0.05, 0) is 60.4 Å². The van der Waals surface area contributed by atoms with E-state index in [-0.39, 0.29) is 23.5 Å². The largest absolute Gasteiger partial charge is 0.460 e. The number of nitrogens with zero attached hydrogens (tertiary/aromatic N) is 3. The van der Waals surface area contributed by atoms with Crippen LogP contribution in [-0.4, -0.2) is 26.0 Å². The zero-order valence-corrected chi connectivity index (χ0v) is 24.4. The van der Waals surface area contributed by atoms with Crippen molar-refractivity contribution in [3.8, 4) is 16.8 Å². The van der Waals surface area contributed by atoms with Gasteiger partial charge in [-0.3, -0.25) is 0 Å². The van der Waals surface area contributed by atoms with Crippen molar-refractivity contribution in [1.82, 2.24) is 13.9 Å². The normalized spacial score (nSPS) is 22.0. The van der Waals surface area contributed by atoms with E-state index in [0.717, 1.165) is 30.3 Å². The van der Waals surface area contributed by atoms with Crippen molar-refractivity contribution in [3.63, 3.8) is 0 Å². The second kappa shape index (κ2) is 11.1. The van der Waals surface area contributed by atoms with Gasteiger partial charge in [-0.1, -0.05) is 105 Å². The van der Waals surface area contributed by atoms with E-state index >= 15 is 0 Å². The van der Waals surface area contributed by atoms with Gasteiger partial charge < -0.3 is 4.74 Å². The summed E-state index contributed by atoms with van der Waals surface area (Å²) in [5, 5.41) is 0. The Balaban J connectivity index is 1.27. The monoisotopic (exact) mass is 563 g/mol. The van der Waals surface area contributed by atoms with Crippen molar-refractivity contribution in [2.45, 2.75) is 70.1 Å². The van der Waals surface area contributed by atoms with Crippen molar-refractivity contribution in [2.75, 3.05) is 0 Å². The van der Waals surface area contributed by atoms with E-state index in [1.807, 2.05) is 31.2 Å². The summed E-state index contributed by atoms with van der Waals surface area (Å²) in [6.07, 6.45) is 6.94. The summed E-state index contributed by atoms with van der Waals surface area (Å²) in [5.74, 6) is -0.400. The Morgan fingerprint density at radius 3 is 2.05 bits per heavy atom. The van der Waals surface area contributed by atoms with Crippen molar-refractivity contribution in [2.24, 2.45) is 5.92 Å². The minimum absolute atomic E-state index is 0.108. The van der Waals surface area contributed by atoms with Gasteiger partial charge in [-0.15, -0.1) is 0 Å². The van der Waals surface area contributed by atoms with Gasteiger partial charge in [0.05, 0.1) is 11.7 Å². The average molecular weight is 564 g/mol. The molecule has 1 aromatic heterocycles. The molecule has 1 aliphatic carbocycles. The molecule has 1 aliphatic heterocycles. The second-order valence-corrected chi connectivity index (χ2v) is 12.0. The van der Waals surface area contributed by atoms with Gasteiger partial charge in [0.1, 0.15) is 6.10 Å². The van der Waals surface area contributed by atoms with E-state index in [9.17, 15) is 14.4 Å². The number of esters is 1. The molecular formula is C35H37N3O4. The number of para-hydroxylation sites is 1. The summed E-state index contributed by atoms with van der Waals surface area (Å²) < 4.78 is 10.0. The van der Waals surface area contributed by atoms with E-state index in [1.165, 1.54) is 26.1 Å². The molecule has 0 unspecified atom stereocenters. The van der Waals surface area contributed by atoms with Crippen LogP contribution in [0.2, 0.25) is 0 Å². The minimum Gasteiger partial charge on any atom is -0.460 e. The first kappa shape index (κ1) is 27.8. The smallest absolute Gasteiger partial charge is 0.352 e. The van der Waals surface area contributed by atoms with Crippen LogP contribution in [0.4, 0.5) is 0 Å². The second-order valence-electron chi connectivity index (χ2n) is 12.0. The SMILES string of the molecule is C[C@@H]1C=C[C@H](C(=O)O[C@H]2CCCC[C@@H]2C(C)(C)c2ccc(-c3ccccc3)cc2)n2c(=O)n(-c3ccccc3)c(=O)n21. The molecule has 7 nitrogen and oxygen atoms in total. The molecule has 0 amide bonds. The summed E-state index contributed by atoms with van der Waals surface area (Å²) in [5.41, 5.74) is 2.74. The van der Waals surface area contributed by atoms with Crippen LogP contribution in [0.25, 0.3) is 16.8 Å². The maximum Gasteiger partial charge on any atom is 0.352 e. The molecule has 1 fully saturated rings. The van der Waals surface area contributed by atoms with Crippen LogP contribution in [-0.2, 0) is 14.9 Å². The van der Waals surface area contributed by atoms with Crippen LogP contribution in [0.5, 0.6) is 0 Å². The molecule has 0 bridgehead atoms. The molecule has 6 rings (SSSR count). The number of benzene rings is 3. The first-order valence-corrected chi connectivity index (χ1v) is 14.8. The Hall–Kier alpha value is -4.39. The van der Waals surface area contributed by atoms with Crippen LogP contribution in [0, 0.1) is 5.92 Å². The van der Waals surface area contributed by atoms with Crippen LogP contribution >= 0.6 is 0 Å². The summed E-state index contributed by atoms with van der Waals surface area (Å²) in [6, 6.07) is 26.4. The molecule has 4 aromatic rings. The van der Waals surface area contributed by atoms with Crippen molar-refractivity contribution >= 4 is 5.97 Å². The lowest BCUT2D eigenvalue weighted by atomic mass is 9.66. The highest BCUT2D eigenvalue weighted by molar-refractivity contribution is 5.76. The van der Waals surface area contributed by atoms with E-state index in [2.05, 4.69) is 50.2 Å². The highest BCUT2D eigenvalue weighted by atomic mass is 16.5. The number of hydrogen-bond donors (Lipinski definition) is 0. The third-order valence-corrected chi connectivity index (χ3v) is 9.12. The van der Waals surface area contributed by atoms with Crippen LogP contribution in [0.15, 0.2) is 107 Å². The molecule has 4 atom stereocenters. The first-order chi connectivity index (χ1) is 20.3. The van der Waals surface area contributed by atoms with Gasteiger partial charge >= 0.3 is 17.3 Å². The zero-order chi connectivity index (χ0) is 29.4. The fourth-order valence-corrected chi connectivity index (χ4v) is 6.72. The molecular weight excluding hydrogens is 526 g/mol. The summed E-state index contributed by atoms with van der Waals surface area (Å²) in [4.78, 5) is 40.8. The predicted molar refractivity (Wildman–Crippen MR) is 164 cm³/mol. The maximum atomic E-state index is 13.8. The fourth-order valence-electron chi connectivity index (χ4n) is 6.72. The van der Waals surface area contributed by atoms with Gasteiger partial charge in [0.2, 0.25) is 0 Å². The Morgan fingerprint density at radius 1 is 0.762 bits per heavy atom. The van der Waals surface area contributed by atoms with Crippen molar-refractivity contribution in [1.29, 1.82) is 0 Å². The molecule has 216 valence electrons. The van der Waals surface area contributed by atoms with E-state index < -0.39 is 23.4 Å². The van der Waals surface area contributed by atoms with E-state index in [0.29, 0.717) is 5.69 Å². The highest BCUT2D eigenvalue weighted by Gasteiger charge is 2.42. The van der Waals surface area contributed by atoms with Crippen molar-refractivity contribution in [3.05, 3.63) is 124 Å². The number of carbonyl (C=O) groups is 1. The molecule has 2 heterocycles. The number of ether oxygens (including phenoxy) is 1. The Bertz CT molecular complexity index is 1710. The summed E-state index contributed by atoms with van der Waals surface area (Å²) in [7, 11) is 0. The Kier molecular flexibility index (Phi) is 7.35. The van der Waals surface area contributed by atoms with E-state index in [4.69, 9.17) is 4.74 Å². The number of rotatable bonds is 6. The first-order valence-electron chi connectivity index (χ1n) is 14.8. The predicted octanol–water partition coefficient (Wildman–Crippen LogP) is 6.22. The summed E-state index contributed by atoms with van der Waals surface area (Å²) >= 11 is 0. The maximum absolute atomic E-state index is 13.8. The summed E-state index contributed by atoms with van der Waals surface area (Å²) in [6.45, 7) is 6.28. The third kappa shape index (κ3) is 4.87. The standard InChI is InChI=1S/C35H37N3O4/c1-24-18-23-30(38-34(41)36(33(40)37(24)38)28-14-8-5-9-15-28)32(39)42-31-17-11-10-16-29(31)35(2,3)27-21-19-26(20-22-27)25-12-6-4-7-13-25/h4-9,12-15,18-24,29-31H,10-11,16-17H2,1-3H3/t24-,29+,30-,31+/m1/s1. The van der Waals surface area contributed by atoms with Gasteiger partial charge in [-0.25, -0.2) is 28.3 Å². The lowest BCUT2D eigenvalue weighted by molar-refractivity contribution is -0.158. The lowest BCUT2D eigenvalue weighted by Crippen LogP contribution is -2.44. The Morgan fingerprint density at radius 2 is 1.36 bits per heavy atom. The fraction of sp³-hybridized carbons (Fsp3) is 0.343. The number of fused-ring (bicyclic) bond motifs is 1. The zero-order valence-electron chi connectivity index (χ0n) is 24.4. The molecule has 0 N–H and O–H groups in total. The Labute approximate surface area is 245 Å². The molecule has 1 saturated carbocycles. The third-order valence-electron chi connectivity index (χ3n) is 9.12. The number of hydrogen-bond acceptors (Lipinski definition) is 4. The molecule has 7 heteroatoms. The molecule has 42 heavy (non-hydrogen) atoms. The lowest BCUT2D eigenvalue weighted by Gasteiger charge is -2.42. The molecule has 2 aliphatic rings. The van der Waals surface area contributed by atoms with Gasteiger partial charge in [0.25, 0.3) is 0 Å². The topological polar surface area (TPSA) is 75.2 Å². The van der Waals surface area contributed by atoms with Gasteiger partial charge in [-0.2, -0.15) is 0 Å². The average Bonchev–Trinajstić information content (AvgIpc) is 3.28. The number of aromatic nitrogens is 3.